The van der Waals surface area contributed by atoms with Gasteiger partial charge < -0.3 is 10.2 Å². The van der Waals surface area contributed by atoms with Crippen LogP contribution in [0.25, 0.3) is 6.08 Å². The standard InChI is InChI=1S/C22H23N3O/c1-2-18-7-3-4-8-21(18)24-22(26)19(16-23)15-17-9-11-20(12-10-17)25-13-5-6-14-25/h3-4,7-12,15H,2,5-6,13-14H2,1H3,(H,24,26)/b19-15+. The SMILES string of the molecule is CCc1ccccc1NC(=O)/C(C#N)=C/c1ccc(N2CCCC2)cc1. The van der Waals surface area contributed by atoms with E-state index in [1.165, 1.54) is 18.5 Å². The molecule has 0 unspecified atom stereocenters. The second-order valence-electron chi connectivity index (χ2n) is 6.42. The van der Waals surface area contributed by atoms with Gasteiger partial charge in [-0.1, -0.05) is 37.3 Å². The molecule has 3 rings (SSSR count). The van der Waals surface area contributed by atoms with Gasteiger partial charge in [0.2, 0.25) is 0 Å². The maximum atomic E-state index is 12.5. The van der Waals surface area contributed by atoms with Gasteiger partial charge in [0.05, 0.1) is 0 Å². The number of hydrogen-bond donors (Lipinski definition) is 1. The van der Waals surface area contributed by atoms with Gasteiger partial charge in [0.1, 0.15) is 11.6 Å². The quantitative estimate of drug-likeness (QED) is 0.646. The van der Waals surface area contributed by atoms with Crippen LogP contribution < -0.4 is 10.2 Å². The van der Waals surface area contributed by atoms with E-state index in [2.05, 4.69) is 22.3 Å². The summed E-state index contributed by atoms with van der Waals surface area (Å²) in [6.07, 6.45) is 4.93. The Morgan fingerprint density at radius 2 is 1.85 bits per heavy atom. The van der Waals surface area contributed by atoms with Gasteiger partial charge in [0, 0.05) is 24.5 Å². The molecule has 2 aromatic carbocycles. The van der Waals surface area contributed by atoms with Crippen LogP contribution in [0.2, 0.25) is 0 Å². The number of aryl methyl sites for hydroxylation is 1. The molecule has 0 spiro atoms. The van der Waals surface area contributed by atoms with E-state index in [1.807, 2.05) is 49.4 Å². The van der Waals surface area contributed by atoms with Crippen molar-refractivity contribution in [3.05, 3.63) is 65.2 Å². The number of para-hydroxylation sites is 1. The number of carbonyl (C=O) groups excluding carboxylic acids is 1. The van der Waals surface area contributed by atoms with Crippen LogP contribution in [0.5, 0.6) is 0 Å². The Kier molecular flexibility index (Phi) is 5.70. The normalized spacial score (nSPS) is 14.2. The Balaban J connectivity index is 1.75. The van der Waals surface area contributed by atoms with Crippen molar-refractivity contribution in [3.63, 3.8) is 0 Å². The van der Waals surface area contributed by atoms with E-state index < -0.39 is 0 Å². The molecule has 0 aromatic heterocycles. The van der Waals surface area contributed by atoms with E-state index >= 15 is 0 Å². The molecule has 0 bridgehead atoms. The highest BCUT2D eigenvalue weighted by atomic mass is 16.1. The topological polar surface area (TPSA) is 56.1 Å². The number of hydrogen-bond acceptors (Lipinski definition) is 3. The molecule has 1 N–H and O–H groups in total. The second kappa shape index (κ2) is 8.35. The average molecular weight is 345 g/mol. The third kappa shape index (κ3) is 4.12. The van der Waals surface area contributed by atoms with Gasteiger partial charge in [-0.05, 0) is 54.7 Å². The summed E-state index contributed by atoms with van der Waals surface area (Å²) in [7, 11) is 0. The Hall–Kier alpha value is -3.06. The minimum Gasteiger partial charge on any atom is -0.372 e. The molecule has 0 aliphatic carbocycles. The van der Waals surface area contributed by atoms with Crippen molar-refractivity contribution < 1.29 is 4.79 Å². The van der Waals surface area contributed by atoms with E-state index in [4.69, 9.17) is 0 Å². The Morgan fingerprint density at radius 1 is 1.15 bits per heavy atom. The zero-order chi connectivity index (χ0) is 18.4. The number of nitrogens with zero attached hydrogens (tertiary/aromatic N) is 2. The Labute approximate surface area is 154 Å². The van der Waals surface area contributed by atoms with Crippen molar-refractivity contribution in [3.8, 4) is 6.07 Å². The van der Waals surface area contributed by atoms with E-state index in [-0.39, 0.29) is 11.5 Å². The average Bonchev–Trinajstić information content (AvgIpc) is 3.21. The fraction of sp³-hybridized carbons (Fsp3) is 0.273. The van der Waals surface area contributed by atoms with E-state index in [1.54, 1.807) is 6.08 Å². The maximum absolute atomic E-state index is 12.5. The number of benzene rings is 2. The molecule has 4 heteroatoms. The highest BCUT2D eigenvalue weighted by molar-refractivity contribution is 6.10. The van der Waals surface area contributed by atoms with Crippen molar-refractivity contribution >= 4 is 23.4 Å². The van der Waals surface area contributed by atoms with Crippen molar-refractivity contribution in [1.82, 2.24) is 0 Å². The van der Waals surface area contributed by atoms with E-state index in [0.717, 1.165) is 36.3 Å². The zero-order valence-corrected chi connectivity index (χ0v) is 15.0. The molecule has 1 fully saturated rings. The zero-order valence-electron chi connectivity index (χ0n) is 15.0. The molecule has 1 aliphatic rings. The first kappa shape index (κ1) is 17.8. The van der Waals surface area contributed by atoms with Crippen molar-refractivity contribution in [2.75, 3.05) is 23.3 Å². The minimum atomic E-state index is -0.378. The third-order valence-electron chi connectivity index (χ3n) is 4.69. The minimum absolute atomic E-state index is 0.102. The number of rotatable bonds is 5. The fourth-order valence-corrected chi connectivity index (χ4v) is 3.21. The molecular formula is C22H23N3O. The lowest BCUT2D eigenvalue weighted by Gasteiger charge is -2.17. The van der Waals surface area contributed by atoms with Crippen LogP contribution in [0.15, 0.2) is 54.1 Å². The van der Waals surface area contributed by atoms with Crippen molar-refractivity contribution in [2.45, 2.75) is 26.2 Å². The van der Waals surface area contributed by atoms with Crippen LogP contribution in [0, 0.1) is 11.3 Å². The number of anilines is 2. The summed E-state index contributed by atoms with van der Waals surface area (Å²) in [5.41, 5.74) is 3.95. The largest absolute Gasteiger partial charge is 0.372 e. The molecule has 4 nitrogen and oxygen atoms in total. The molecule has 132 valence electrons. The molecular weight excluding hydrogens is 322 g/mol. The lowest BCUT2D eigenvalue weighted by Crippen LogP contribution is -2.17. The first-order chi connectivity index (χ1) is 12.7. The molecule has 0 radical (unpaired) electrons. The summed E-state index contributed by atoms with van der Waals surface area (Å²) in [6.45, 7) is 4.23. The number of amides is 1. The first-order valence-corrected chi connectivity index (χ1v) is 9.07. The number of nitriles is 1. The molecule has 1 saturated heterocycles. The van der Waals surface area contributed by atoms with Gasteiger partial charge in [0.25, 0.3) is 5.91 Å². The molecule has 2 aromatic rings. The van der Waals surface area contributed by atoms with Crippen molar-refractivity contribution in [2.24, 2.45) is 0 Å². The molecule has 26 heavy (non-hydrogen) atoms. The highest BCUT2D eigenvalue weighted by Crippen LogP contribution is 2.22. The van der Waals surface area contributed by atoms with Crippen LogP contribution in [-0.2, 0) is 11.2 Å². The summed E-state index contributed by atoms with van der Waals surface area (Å²) in [5, 5.41) is 12.3. The van der Waals surface area contributed by atoms with Gasteiger partial charge in [-0.3, -0.25) is 4.79 Å². The maximum Gasteiger partial charge on any atom is 0.266 e. The molecule has 0 saturated carbocycles. The smallest absolute Gasteiger partial charge is 0.266 e. The summed E-state index contributed by atoms with van der Waals surface area (Å²) in [4.78, 5) is 14.8. The fourth-order valence-electron chi connectivity index (χ4n) is 3.21. The summed E-state index contributed by atoms with van der Waals surface area (Å²) in [6, 6.07) is 17.7. The van der Waals surface area contributed by atoms with Crippen LogP contribution in [0.1, 0.15) is 30.9 Å². The predicted octanol–water partition coefficient (Wildman–Crippen LogP) is 4.39. The van der Waals surface area contributed by atoms with Crippen LogP contribution in [0.3, 0.4) is 0 Å². The Bertz CT molecular complexity index is 840. The van der Waals surface area contributed by atoms with Gasteiger partial charge in [0.15, 0.2) is 0 Å². The predicted molar refractivity (Wildman–Crippen MR) is 106 cm³/mol. The second-order valence-corrected chi connectivity index (χ2v) is 6.42. The molecule has 1 amide bonds. The van der Waals surface area contributed by atoms with Crippen LogP contribution in [0.4, 0.5) is 11.4 Å². The van der Waals surface area contributed by atoms with E-state index in [9.17, 15) is 10.1 Å². The van der Waals surface area contributed by atoms with E-state index in [0.29, 0.717) is 0 Å². The molecule has 0 atom stereocenters. The van der Waals surface area contributed by atoms with Crippen LogP contribution in [-0.4, -0.2) is 19.0 Å². The van der Waals surface area contributed by atoms with Gasteiger partial charge in [-0.2, -0.15) is 5.26 Å². The monoisotopic (exact) mass is 345 g/mol. The van der Waals surface area contributed by atoms with Gasteiger partial charge >= 0.3 is 0 Å². The van der Waals surface area contributed by atoms with Crippen LogP contribution >= 0.6 is 0 Å². The number of carbonyl (C=O) groups is 1. The first-order valence-electron chi connectivity index (χ1n) is 9.07. The number of nitrogens with one attached hydrogen (secondary N) is 1. The van der Waals surface area contributed by atoms with Gasteiger partial charge in [-0.25, -0.2) is 0 Å². The Morgan fingerprint density at radius 3 is 2.50 bits per heavy atom. The lowest BCUT2D eigenvalue weighted by molar-refractivity contribution is -0.112. The summed E-state index contributed by atoms with van der Waals surface area (Å²) >= 11 is 0. The van der Waals surface area contributed by atoms with Crippen molar-refractivity contribution in [1.29, 1.82) is 5.26 Å². The lowest BCUT2D eigenvalue weighted by atomic mass is 10.1. The highest BCUT2D eigenvalue weighted by Gasteiger charge is 2.13. The van der Waals surface area contributed by atoms with Gasteiger partial charge in [-0.15, -0.1) is 0 Å². The summed E-state index contributed by atoms with van der Waals surface area (Å²) in [5.74, 6) is -0.378. The summed E-state index contributed by atoms with van der Waals surface area (Å²) < 4.78 is 0. The molecule has 1 heterocycles. The molecule has 1 aliphatic heterocycles. The third-order valence-corrected chi connectivity index (χ3v) is 4.69.